The molecule has 19 heavy (non-hydrogen) atoms. The van der Waals surface area contributed by atoms with Gasteiger partial charge in [-0.25, -0.2) is 0 Å². The smallest absolute Gasteiger partial charge is 0.0328 e. The van der Waals surface area contributed by atoms with Crippen LogP contribution in [0.2, 0.25) is 0 Å². The van der Waals surface area contributed by atoms with Crippen molar-refractivity contribution in [2.75, 3.05) is 20.1 Å². The van der Waals surface area contributed by atoms with Crippen LogP contribution in [0, 0.1) is 5.41 Å². The van der Waals surface area contributed by atoms with E-state index in [0.29, 0.717) is 0 Å². The summed E-state index contributed by atoms with van der Waals surface area (Å²) < 4.78 is 0. The van der Waals surface area contributed by atoms with Crippen molar-refractivity contribution in [2.45, 2.75) is 51.6 Å². The number of hydrogen-bond acceptors (Lipinski definition) is 3. The molecule has 0 radical (unpaired) electrons. The minimum absolute atomic E-state index is 0.753. The maximum atomic E-state index is 3.23. The number of likely N-dealkylation sites (tertiary alicyclic amines) is 1. The molecule has 1 saturated heterocycles. The molecule has 1 aliphatic heterocycles. The number of nitrogens with zero attached hydrogens (tertiary/aromatic N) is 1. The largest absolute Gasteiger partial charge is 0.315 e. The minimum Gasteiger partial charge on any atom is -0.315 e. The van der Waals surface area contributed by atoms with Gasteiger partial charge in [-0.05, 0) is 63.4 Å². The summed E-state index contributed by atoms with van der Waals surface area (Å²) >= 11 is 1.97. The van der Waals surface area contributed by atoms with Crippen LogP contribution in [0.5, 0.6) is 0 Å². The average Bonchev–Trinajstić information content (AvgIpc) is 3.04. The van der Waals surface area contributed by atoms with Gasteiger partial charge >= 0.3 is 0 Å². The standard InChI is InChI=1S/C16H26N2S/c1-17-12-14-4-5-15(19-14)13-18-10-8-16(9-11-18)6-2-3-7-16/h4-5,17H,2-3,6-13H2,1H3. The number of nitrogens with one attached hydrogen (secondary N) is 1. The van der Waals surface area contributed by atoms with Crippen molar-refractivity contribution in [3.8, 4) is 0 Å². The fourth-order valence-corrected chi connectivity index (χ4v) is 4.88. The van der Waals surface area contributed by atoms with E-state index in [2.05, 4.69) is 22.3 Å². The van der Waals surface area contributed by atoms with Crippen LogP contribution in [0.15, 0.2) is 12.1 Å². The summed E-state index contributed by atoms with van der Waals surface area (Å²) in [6.07, 6.45) is 8.87. The molecule has 0 bridgehead atoms. The maximum Gasteiger partial charge on any atom is 0.0328 e. The van der Waals surface area contributed by atoms with Crippen LogP contribution in [0.4, 0.5) is 0 Å². The lowest BCUT2D eigenvalue weighted by Crippen LogP contribution is -2.38. The van der Waals surface area contributed by atoms with Crippen LogP contribution in [0.25, 0.3) is 0 Å². The van der Waals surface area contributed by atoms with E-state index in [4.69, 9.17) is 0 Å². The summed E-state index contributed by atoms with van der Waals surface area (Å²) in [5.41, 5.74) is 0.753. The Morgan fingerprint density at radius 2 is 1.79 bits per heavy atom. The predicted octanol–water partition coefficient (Wildman–Crippen LogP) is 3.62. The highest BCUT2D eigenvalue weighted by atomic mass is 32.1. The van der Waals surface area contributed by atoms with Gasteiger partial charge in [-0.3, -0.25) is 4.90 Å². The Morgan fingerprint density at radius 3 is 2.47 bits per heavy atom. The van der Waals surface area contributed by atoms with E-state index in [9.17, 15) is 0 Å². The topological polar surface area (TPSA) is 15.3 Å². The molecule has 1 spiro atoms. The molecule has 2 heterocycles. The third-order valence-electron chi connectivity index (χ3n) is 5.03. The lowest BCUT2D eigenvalue weighted by molar-refractivity contribution is 0.104. The summed E-state index contributed by atoms with van der Waals surface area (Å²) in [5, 5.41) is 3.23. The molecular weight excluding hydrogens is 252 g/mol. The second-order valence-electron chi connectivity index (χ2n) is 6.38. The van der Waals surface area contributed by atoms with E-state index in [-0.39, 0.29) is 0 Å². The molecular formula is C16H26N2S. The molecule has 2 fully saturated rings. The normalized spacial score (nSPS) is 23.2. The third-order valence-corrected chi connectivity index (χ3v) is 6.10. The molecule has 3 heteroatoms. The second-order valence-corrected chi connectivity index (χ2v) is 7.63. The first kappa shape index (κ1) is 13.6. The Labute approximate surface area is 121 Å². The van der Waals surface area contributed by atoms with Crippen LogP contribution in [0.3, 0.4) is 0 Å². The second kappa shape index (κ2) is 5.94. The van der Waals surface area contributed by atoms with Gasteiger partial charge in [0.2, 0.25) is 0 Å². The minimum atomic E-state index is 0.753. The highest BCUT2D eigenvalue weighted by Crippen LogP contribution is 2.46. The molecule has 1 N–H and O–H groups in total. The first-order valence-electron chi connectivity index (χ1n) is 7.74. The van der Waals surface area contributed by atoms with Gasteiger partial charge in [0.05, 0.1) is 0 Å². The number of piperidine rings is 1. The maximum absolute atomic E-state index is 3.23. The summed E-state index contributed by atoms with van der Waals surface area (Å²) in [5.74, 6) is 0. The quantitative estimate of drug-likeness (QED) is 0.905. The summed E-state index contributed by atoms with van der Waals surface area (Å²) in [6, 6.07) is 4.59. The fraction of sp³-hybridized carbons (Fsp3) is 0.750. The van der Waals surface area contributed by atoms with Gasteiger partial charge in [0, 0.05) is 22.8 Å². The van der Waals surface area contributed by atoms with Crippen molar-refractivity contribution in [3.63, 3.8) is 0 Å². The van der Waals surface area contributed by atoms with Crippen molar-refractivity contribution in [3.05, 3.63) is 21.9 Å². The van der Waals surface area contributed by atoms with E-state index < -0.39 is 0 Å². The zero-order valence-corrected chi connectivity index (χ0v) is 12.9. The Hall–Kier alpha value is -0.380. The van der Waals surface area contributed by atoms with Crippen molar-refractivity contribution in [2.24, 2.45) is 5.41 Å². The van der Waals surface area contributed by atoms with Gasteiger partial charge in [-0.2, -0.15) is 0 Å². The van der Waals surface area contributed by atoms with E-state index in [1.807, 2.05) is 18.4 Å². The molecule has 0 amide bonds. The molecule has 0 aromatic carbocycles. The van der Waals surface area contributed by atoms with E-state index in [0.717, 1.165) is 12.0 Å². The van der Waals surface area contributed by atoms with E-state index in [1.165, 1.54) is 67.9 Å². The van der Waals surface area contributed by atoms with Crippen molar-refractivity contribution >= 4 is 11.3 Å². The SMILES string of the molecule is CNCc1ccc(CN2CCC3(CCCC3)CC2)s1. The van der Waals surface area contributed by atoms with Crippen molar-refractivity contribution < 1.29 is 0 Å². The van der Waals surface area contributed by atoms with Gasteiger partial charge in [0.15, 0.2) is 0 Å². The van der Waals surface area contributed by atoms with Crippen molar-refractivity contribution in [1.82, 2.24) is 10.2 Å². The molecule has 1 aliphatic carbocycles. The highest BCUT2D eigenvalue weighted by Gasteiger charge is 2.36. The molecule has 0 atom stereocenters. The van der Waals surface area contributed by atoms with Crippen LogP contribution < -0.4 is 5.32 Å². The van der Waals surface area contributed by atoms with E-state index >= 15 is 0 Å². The third kappa shape index (κ3) is 3.21. The molecule has 3 rings (SSSR count). The molecule has 1 saturated carbocycles. The zero-order valence-electron chi connectivity index (χ0n) is 12.1. The summed E-state index contributed by atoms with van der Waals surface area (Å²) in [7, 11) is 2.02. The monoisotopic (exact) mass is 278 g/mol. The molecule has 0 unspecified atom stereocenters. The van der Waals surface area contributed by atoms with E-state index in [1.54, 1.807) is 0 Å². The van der Waals surface area contributed by atoms with Crippen LogP contribution >= 0.6 is 11.3 Å². The average molecular weight is 278 g/mol. The first-order valence-corrected chi connectivity index (χ1v) is 8.56. The number of rotatable bonds is 4. The molecule has 1 aromatic heterocycles. The first-order chi connectivity index (χ1) is 9.30. The highest BCUT2D eigenvalue weighted by molar-refractivity contribution is 7.11. The summed E-state index contributed by atoms with van der Waals surface area (Å²) in [4.78, 5) is 5.66. The zero-order chi connectivity index (χ0) is 13.1. The lowest BCUT2D eigenvalue weighted by Gasteiger charge is -2.39. The van der Waals surface area contributed by atoms with Gasteiger partial charge in [-0.1, -0.05) is 12.8 Å². The molecule has 1 aromatic rings. The Bertz CT molecular complexity index is 397. The van der Waals surface area contributed by atoms with Gasteiger partial charge < -0.3 is 5.32 Å². The molecule has 2 nitrogen and oxygen atoms in total. The van der Waals surface area contributed by atoms with Crippen LogP contribution in [-0.4, -0.2) is 25.0 Å². The van der Waals surface area contributed by atoms with Crippen LogP contribution in [0.1, 0.15) is 48.3 Å². The Kier molecular flexibility index (Phi) is 4.25. The van der Waals surface area contributed by atoms with Gasteiger partial charge in [0.25, 0.3) is 0 Å². The molecule has 106 valence electrons. The van der Waals surface area contributed by atoms with Crippen molar-refractivity contribution in [1.29, 1.82) is 0 Å². The Morgan fingerprint density at radius 1 is 1.11 bits per heavy atom. The molecule has 2 aliphatic rings. The number of hydrogen-bond donors (Lipinski definition) is 1. The van der Waals surface area contributed by atoms with Gasteiger partial charge in [0.1, 0.15) is 0 Å². The fourth-order valence-electron chi connectivity index (χ4n) is 3.81. The summed E-state index contributed by atoms with van der Waals surface area (Å²) in [6.45, 7) is 4.82. The predicted molar refractivity (Wildman–Crippen MR) is 82.5 cm³/mol. The Balaban J connectivity index is 1.51. The van der Waals surface area contributed by atoms with Gasteiger partial charge in [-0.15, -0.1) is 11.3 Å². The lowest BCUT2D eigenvalue weighted by atomic mass is 9.77. The van der Waals surface area contributed by atoms with Crippen LogP contribution in [-0.2, 0) is 13.1 Å². The number of thiophene rings is 1.